The first-order chi connectivity index (χ1) is 15.5. The molecule has 3 aromatic carbocycles. The second-order valence-electron chi connectivity index (χ2n) is 6.82. The number of rotatable bonds is 5. The van der Waals surface area contributed by atoms with Gasteiger partial charge in [0.25, 0.3) is 5.69 Å². The Balaban J connectivity index is 1.78. The maximum atomic E-state index is 12.6. The number of carbonyl (C=O) groups excluding carboxylic acids is 1. The number of thioether (sulfide) groups is 1. The van der Waals surface area contributed by atoms with Crippen molar-refractivity contribution in [2.45, 2.75) is 6.92 Å². The summed E-state index contributed by atoms with van der Waals surface area (Å²) in [5, 5.41) is 23.9. The zero-order valence-electron chi connectivity index (χ0n) is 17.0. The zero-order valence-corrected chi connectivity index (χ0v) is 17.8. The third kappa shape index (κ3) is 4.26. The van der Waals surface area contributed by atoms with Crippen LogP contribution in [0.2, 0.25) is 0 Å². The van der Waals surface area contributed by atoms with Gasteiger partial charge in [-0.1, -0.05) is 48.2 Å². The van der Waals surface area contributed by atoms with Crippen molar-refractivity contribution in [3.05, 3.63) is 98.6 Å². The molecule has 0 atom stereocenters. The van der Waals surface area contributed by atoms with Crippen molar-refractivity contribution in [1.82, 2.24) is 0 Å². The molecule has 1 N–H and O–H groups in total. The second kappa shape index (κ2) is 9.07. The number of hydrogen-bond donors (Lipinski definition) is 1. The third-order valence-electron chi connectivity index (χ3n) is 4.76. The van der Waals surface area contributed by atoms with Gasteiger partial charge in [-0.05, 0) is 42.1 Å². The zero-order chi connectivity index (χ0) is 22.7. The van der Waals surface area contributed by atoms with Gasteiger partial charge >= 0.3 is 5.97 Å². The molecule has 0 saturated heterocycles. The fourth-order valence-electron chi connectivity index (χ4n) is 3.25. The molecule has 0 aromatic heterocycles. The van der Waals surface area contributed by atoms with Crippen LogP contribution < -0.4 is 0 Å². The lowest BCUT2D eigenvalue weighted by molar-refractivity contribution is -0.384. The first-order valence-electron chi connectivity index (χ1n) is 9.79. The predicted octanol–water partition coefficient (Wildman–Crippen LogP) is 5.94. The lowest BCUT2D eigenvalue weighted by atomic mass is 10.1. The summed E-state index contributed by atoms with van der Waals surface area (Å²) >= 11 is 1.14. The number of esters is 1. The fourth-order valence-corrected chi connectivity index (χ4v) is 4.28. The van der Waals surface area contributed by atoms with Crippen molar-refractivity contribution in [1.29, 1.82) is 0 Å². The molecule has 160 valence electrons. The Morgan fingerprint density at radius 2 is 1.84 bits per heavy atom. The molecule has 0 bridgehead atoms. The molecule has 0 radical (unpaired) electrons. The van der Waals surface area contributed by atoms with E-state index in [4.69, 9.17) is 4.74 Å². The molecular formula is C24H18N2O5S. The van der Waals surface area contributed by atoms with E-state index in [0.717, 1.165) is 22.5 Å². The molecular weight excluding hydrogens is 428 g/mol. The maximum absolute atomic E-state index is 12.6. The number of aliphatic imine (C=N–C) groups is 1. The minimum atomic E-state index is -0.663. The number of ether oxygens (including phenoxy) is 1. The lowest BCUT2D eigenvalue weighted by Gasteiger charge is -2.05. The second-order valence-corrected chi connectivity index (χ2v) is 7.85. The van der Waals surface area contributed by atoms with Crippen LogP contribution in [0, 0.1) is 10.1 Å². The summed E-state index contributed by atoms with van der Waals surface area (Å²) in [4.78, 5) is 28.1. The molecule has 7 nitrogen and oxygen atoms in total. The van der Waals surface area contributed by atoms with E-state index < -0.39 is 10.9 Å². The molecule has 8 heteroatoms. The molecule has 1 heterocycles. The van der Waals surface area contributed by atoms with Crippen LogP contribution >= 0.6 is 11.8 Å². The van der Waals surface area contributed by atoms with E-state index in [-0.39, 0.29) is 23.6 Å². The first kappa shape index (κ1) is 21.3. The van der Waals surface area contributed by atoms with E-state index >= 15 is 0 Å². The molecule has 4 rings (SSSR count). The summed E-state index contributed by atoms with van der Waals surface area (Å²) in [6.45, 7) is 1.84. The number of non-ortho nitro benzene ring substituents is 1. The minimum absolute atomic E-state index is 0.00190. The molecule has 0 aliphatic carbocycles. The van der Waals surface area contributed by atoms with Gasteiger partial charge in [0.2, 0.25) is 0 Å². The normalized spacial score (nSPS) is 16.2. The Kier molecular flexibility index (Phi) is 6.04. The summed E-state index contributed by atoms with van der Waals surface area (Å²) in [6, 6.07) is 19.4. The van der Waals surface area contributed by atoms with Gasteiger partial charge in [-0.2, -0.15) is 0 Å². The number of benzene rings is 3. The molecule has 0 fully saturated rings. The van der Waals surface area contributed by atoms with Gasteiger partial charge in [0.1, 0.15) is 16.4 Å². The first-order valence-corrected chi connectivity index (χ1v) is 10.6. The highest BCUT2D eigenvalue weighted by Crippen LogP contribution is 2.41. The van der Waals surface area contributed by atoms with Crippen LogP contribution in [0.4, 0.5) is 11.4 Å². The fraction of sp³-hybridized carbons (Fsp3) is 0.0833. The largest absolute Gasteiger partial charge is 0.506 e. The molecule has 0 saturated carbocycles. The summed E-state index contributed by atoms with van der Waals surface area (Å²) in [5.74, 6) is -0.894. The highest BCUT2D eigenvalue weighted by atomic mass is 32.2. The van der Waals surface area contributed by atoms with E-state index in [9.17, 15) is 20.0 Å². The molecule has 3 aromatic rings. The maximum Gasteiger partial charge on any atom is 0.344 e. The average molecular weight is 446 g/mol. The van der Waals surface area contributed by atoms with Crippen LogP contribution in [0.1, 0.15) is 12.5 Å². The highest BCUT2D eigenvalue weighted by Gasteiger charge is 2.33. The standard InChI is InChI=1S/C24H18N2O5S/c1-2-31-24(28)21-22(27)20(14-15-10-12-17(13-11-15)26(29)30)32-23(21)25-19-9-5-7-16-6-3-4-8-18(16)19/h3-14,27H,2H2,1H3. The third-order valence-corrected chi connectivity index (χ3v) is 5.78. The molecule has 0 amide bonds. The SMILES string of the molecule is CCOC(=O)C1=C(O)C(=Cc2ccc([N+](=O)[O-])cc2)SC1=Nc1cccc2ccccc12. The average Bonchev–Trinajstić information content (AvgIpc) is 3.09. The number of aliphatic hydroxyl groups is 1. The van der Waals surface area contributed by atoms with Gasteiger partial charge in [0.05, 0.1) is 22.1 Å². The molecule has 1 aliphatic heterocycles. The topological polar surface area (TPSA) is 102 Å². The van der Waals surface area contributed by atoms with E-state index in [0.29, 0.717) is 21.2 Å². The summed E-state index contributed by atoms with van der Waals surface area (Å²) in [6.07, 6.45) is 1.65. The Morgan fingerprint density at radius 1 is 1.12 bits per heavy atom. The lowest BCUT2D eigenvalue weighted by Crippen LogP contribution is -2.12. The van der Waals surface area contributed by atoms with Crippen LogP contribution in [0.5, 0.6) is 0 Å². The molecule has 0 unspecified atom stereocenters. The summed E-state index contributed by atoms with van der Waals surface area (Å²) in [5.41, 5.74) is 1.27. The number of hydrogen-bond acceptors (Lipinski definition) is 7. The van der Waals surface area contributed by atoms with Crippen molar-refractivity contribution in [3.63, 3.8) is 0 Å². The smallest absolute Gasteiger partial charge is 0.344 e. The van der Waals surface area contributed by atoms with Crippen LogP contribution in [0.25, 0.3) is 16.8 Å². The number of carbonyl (C=O) groups is 1. The predicted molar refractivity (Wildman–Crippen MR) is 126 cm³/mol. The number of nitrogens with zero attached hydrogens (tertiary/aromatic N) is 2. The van der Waals surface area contributed by atoms with E-state index in [1.165, 1.54) is 12.1 Å². The number of nitro groups is 1. The van der Waals surface area contributed by atoms with E-state index in [1.54, 1.807) is 25.1 Å². The number of nitro benzene ring substituents is 1. The molecule has 0 spiro atoms. The van der Waals surface area contributed by atoms with Crippen LogP contribution in [0.15, 0.2) is 88.0 Å². The van der Waals surface area contributed by atoms with Crippen LogP contribution in [0.3, 0.4) is 0 Å². The Bertz CT molecular complexity index is 1300. The molecule has 1 aliphatic rings. The van der Waals surface area contributed by atoms with Crippen molar-refractivity contribution in [2.24, 2.45) is 4.99 Å². The van der Waals surface area contributed by atoms with Crippen molar-refractivity contribution >= 4 is 51.0 Å². The van der Waals surface area contributed by atoms with Crippen molar-refractivity contribution < 1.29 is 19.6 Å². The van der Waals surface area contributed by atoms with Crippen molar-refractivity contribution in [2.75, 3.05) is 6.61 Å². The van der Waals surface area contributed by atoms with Gasteiger partial charge in [-0.25, -0.2) is 9.79 Å². The monoisotopic (exact) mass is 446 g/mol. The Hall–Kier alpha value is -3.91. The van der Waals surface area contributed by atoms with Crippen molar-refractivity contribution in [3.8, 4) is 0 Å². The van der Waals surface area contributed by atoms with Crippen LogP contribution in [-0.2, 0) is 9.53 Å². The number of fused-ring (bicyclic) bond motifs is 1. The van der Waals surface area contributed by atoms with Gasteiger partial charge in [0, 0.05) is 17.5 Å². The number of aliphatic hydroxyl groups excluding tert-OH is 1. The van der Waals surface area contributed by atoms with Gasteiger partial charge in [-0.3, -0.25) is 10.1 Å². The minimum Gasteiger partial charge on any atom is -0.506 e. The quantitative estimate of drug-likeness (QED) is 0.296. The van der Waals surface area contributed by atoms with Crippen LogP contribution in [-0.4, -0.2) is 27.6 Å². The van der Waals surface area contributed by atoms with Gasteiger partial charge in [0.15, 0.2) is 0 Å². The highest BCUT2D eigenvalue weighted by molar-refractivity contribution is 8.18. The Morgan fingerprint density at radius 3 is 2.56 bits per heavy atom. The van der Waals surface area contributed by atoms with Gasteiger partial charge < -0.3 is 9.84 Å². The van der Waals surface area contributed by atoms with E-state index in [1.807, 2.05) is 42.5 Å². The summed E-state index contributed by atoms with van der Waals surface area (Å²) < 4.78 is 5.14. The Labute approximate surface area is 187 Å². The van der Waals surface area contributed by atoms with E-state index in [2.05, 4.69) is 4.99 Å². The van der Waals surface area contributed by atoms with Gasteiger partial charge in [-0.15, -0.1) is 0 Å². The summed E-state index contributed by atoms with van der Waals surface area (Å²) in [7, 11) is 0. The molecule has 32 heavy (non-hydrogen) atoms.